The van der Waals surface area contributed by atoms with Crippen molar-refractivity contribution in [3.8, 4) is 11.3 Å². The van der Waals surface area contributed by atoms with Crippen molar-refractivity contribution < 1.29 is 0 Å². The molecule has 1 aliphatic rings. The molecule has 2 N–H and O–H groups in total. The molecule has 2 atom stereocenters. The zero-order valence-electron chi connectivity index (χ0n) is 18.2. The molecule has 4 rings (SSSR count). The second kappa shape index (κ2) is 9.56. The zero-order chi connectivity index (χ0) is 22.0. The molecule has 3 aromatic rings. The van der Waals surface area contributed by atoms with Gasteiger partial charge in [-0.05, 0) is 55.1 Å². The van der Waals surface area contributed by atoms with E-state index >= 15 is 0 Å². The third-order valence-corrected chi connectivity index (χ3v) is 6.43. The molecular formula is C25H28Cl2N4. The van der Waals surface area contributed by atoms with E-state index in [0.29, 0.717) is 16.1 Å². The van der Waals surface area contributed by atoms with Crippen molar-refractivity contribution in [1.82, 2.24) is 15.3 Å². The lowest BCUT2D eigenvalue weighted by atomic mass is 10.1. The number of nitrogens with zero attached hydrogens (tertiary/aromatic N) is 2. The first-order valence-corrected chi connectivity index (χ1v) is 11.7. The number of nitrogens with one attached hydrogen (secondary N) is 2. The SMILES string of the molecule is CCN[C@H]1Cc2ccccc2[C@H]1Nc1nc(CC)c(-c2ccc(Cl)cc2Cl)nc1CC. The van der Waals surface area contributed by atoms with E-state index in [2.05, 4.69) is 55.7 Å². The van der Waals surface area contributed by atoms with Gasteiger partial charge in [0.15, 0.2) is 0 Å². The molecule has 0 bridgehead atoms. The molecule has 6 heteroatoms. The summed E-state index contributed by atoms with van der Waals surface area (Å²) >= 11 is 12.6. The number of hydrogen-bond donors (Lipinski definition) is 2. The highest BCUT2D eigenvalue weighted by atomic mass is 35.5. The molecule has 0 saturated heterocycles. The molecule has 1 aromatic heterocycles. The van der Waals surface area contributed by atoms with E-state index in [0.717, 1.165) is 54.3 Å². The fourth-order valence-corrected chi connectivity index (χ4v) is 4.88. The van der Waals surface area contributed by atoms with Crippen LogP contribution in [0.15, 0.2) is 42.5 Å². The Morgan fingerprint density at radius 3 is 2.45 bits per heavy atom. The van der Waals surface area contributed by atoms with Gasteiger partial charge in [-0.2, -0.15) is 0 Å². The molecule has 0 unspecified atom stereocenters. The quantitative estimate of drug-likeness (QED) is 0.441. The fourth-order valence-electron chi connectivity index (χ4n) is 4.38. The number of halogens is 2. The van der Waals surface area contributed by atoms with Crippen LogP contribution < -0.4 is 10.6 Å². The van der Waals surface area contributed by atoms with Crippen molar-refractivity contribution >= 4 is 29.0 Å². The van der Waals surface area contributed by atoms with Gasteiger partial charge < -0.3 is 10.6 Å². The predicted molar refractivity (Wildman–Crippen MR) is 130 cm³/mol. The number of benzene rings is 2. The van der Waals surface area contributed by atoms with Gasteiger partial charge in [-0.1, -0.05) is 68.2 Å². The van der Waals surface area contributed by atoms with E-state index in [4.69, 9.17) is 33.2 Å². The van der Waals surface area contributed by atoms with Crippen molar-refractivity contribution in [2.24, 2.45) is 0 Å². The average molecular weight is 455 g/mol. The summed E-state index contributed by atoms with van der Waals surface area (Å²) in [5, 5.41) is 8.58. The number of fused-ring (bicyclic) bond motifs is 1. The van der Waals surface area contributed by atoms with Crippen molar-refractivity contribution in [2.45, 2.75) is 52.1 Å². The van der Waals surface area contributed by atoms with Crippen LogP contribution in [-0.2, 0) is 19.3 Å². The van der Waals surface area contributed by atoms with Crippen LogP contribution in [-0.4, -0.2) is 22.6 Å². The zero-order valence-corrected chi connectivity index (χ0v) is 19.7. The Bertz CT molecular complexity index is 1080. The van der Waals surface area contributed by atoms with E-state index in [1.54, 1.807) is 6.07 Å². The first kappa shape index (κ1) is 22.1. The largest absolute Gasteiger partial charge is 0.360 e. The number of rotatable bonds is 7. The van der Waals surface area contributed by atoms with Crippen LogP contribution in [0.1, 0.15) is 49.3 Å². The number of likely N-dealkylation sites (N-methyl/N-ethyl adjacent to an activating group) is 1. The Morgan fingerprint density at radius 1 is 0.968 bits per heavy atom. The fraction of sp³-hybridized carbons (Fsp3) is 0.360. The van der Waals surface area contributed by atoms with Gasteiger partial charge in [0.25, 0.3) is 0 Å². The van der Waals surface area contributed by atoms with Gasteiger partial charge in [-0.3, -0.25) is 0 Å². The maximum Gasteiger partial charge on any atom is 0.148 e. The Hall–Kier alpha value is -2.14. The highest BCUT2D eigenvalue weighted by Crippen LogP contribution is 2.36. The first-order valence-electron chi connectivity index (χ1n) is 11.0. The highest BCUT2D eigenvalue weighted by molar-refractivity contribution is 6.36. The standard InChI is InChI=1S/C25H28Cl2N4/c1-4-20-24(18-12-11-16(26)14-19(18)27)29-21(5-2)25(30-20)31-23-17-10-8-7-9-15(17)13-22(23)28-6-3/h7-12,14,22-23,28H,4-6,13H2,1-3H3,(H,30,31)/t22-,23+/m0/s1. The van der Waals surface area contributed by atoms with Crippen molar-refractivity contribution in [2.75, 3.05) is 11.9 Å². The smallest absolute Gasteiger partial charge is 0.148 e. The summed E-state index contributed by atoms with van der Waals surface area (Å²) in [5.74, 6) is 0.859. The van der Waals surface area contributed by atoms with Crippen LogP contribution in [0.2, 0.25) is 10.0 Å². The van der Waals surface area contributed by atoms with E-state index < -0.39 is 0 Å². The number of anilines is 1. The van der Waals surface area contributed by atoms with Gasteiger partial charge in [0.1, 0.15) is 5.82 Å². The van der Waals surface area contributed by atoms with Crippen molar-refractivity contribution in [1.29, 1.82) is 0 Å². The summed E-state index contributed by atoms with van der Waals surface area (Å²) in [6.07, 6.45) is 2.55. The van der Waals surface area contributed by atoms with Gasteiger partial charge in [0, 0.05) is 16.6 Å². The summed E-state index contributed by atoms with van der Waals surface area (Å²) in [5.41, 5.74) is 6.29. The molecule has 1 aliphatic carbocycles. The number of hydrogen-bond acceptors (Lipinski definition) is 4. The Labute approximate surface area is 194 Å². The summed E-state index contributed by atoms with van der Waals surface area (Å²) in [6.45, 7) is 7.28. The molecule has 0 spiro atoms. The molecule has 4 nitrogen and oxygen atoms in total. The average Bonchev–Trinajstić information content (AvgIpc) is 3.11. The normalized spacial score (nSPS) is 17.6. The summed E-state index contributed by atoms with van der Waals surface area (Å²) in [6, 6.07) is 14.7. The Kier molecular flexibility index (Phi) is 6.80. The second-order valence-electron chi connectivity index (χ2n) is 7.83. The molecule has 0 saturated carbocycles. The van der Waals surface area contributed by atoms with Crippen LogP contribution in [0.5, 0.6) is 0 Å². The van der Waals surface area contributed by atoms with Crippen LogP contribution >= 0.6 is 23.2 Å². The van der Waals surface area contributed by atoms with E-state index in [1.807, 2.05) is 12.1 Å². The maximum absolute atomic E-state index is 6.50. The van der Waals surface area contributed by atoms with E-state index in [-0.39, 0.29) is 6.04 Å². The minimum Gasteiger partial charge on any atom is -0.360 e. The molecule has 0 aliphatic heterocycles. The predicted octanol–water partition coefficient (Wildman–Crippen LogP) is 6.26. The molecule has 1 heterocycles. The number of aromatic nitrogens is 2. The third kappa shape index (κ3) is 4.43. The highest BCUT2D eigenvalue weighted by Gasteiger charge is 2.32. The summed E-state index contributed by atoms with van der Waals surface area (Å²) < 4.78 is 0. The lowest BCUT2D eigenvalue weighted by molar-refractivity contribution is 0.497. The Balaban J connectivity index is 1.75. The van der Waals surface area contributed by atoms with Crippen molar-refractivity contribution in [3.63, 3.8) is 0 Å². The van der Waals surface area contributed by atoms with Gasteiger partial charge in [0.05, 0.1) is 28.1 Å². The molecule has 0 fully saturated rings. The minimum atomic E-state index is 0.158. The van der Waals surface area contributed by atoms with E-state index in [1.165, 1.54) is 11.1 Å². The van der Waals surface area contributed by atoms with E-state index in [9.17, 15) is 0 Å². The molecule has 31 heavy (non-hydrogen) atoms. The summed E-state index contributed by atoms with van der Waals surface area (Å²) in [7, 11) is 0. The van der Waals surface area contributed by atoms with Crippen LogP contribution in [0, 0.1) is 0 Å². The minimum absolute atomic E-state index is 0.158. The molecule has 162 valence electrons. The summed E-state index contributed by atoms with van der Waals surface area (Å²) in [4.78, 5) is 10.1. The maximum atomic E-state index is 6.50. The van der Waals surface area contributed by atoms with Crippen LogP contribution in [0.3, 0.4) is 0 Å². The molecule has 0 amide bonds. The van der Waals surface area contributed by atoms with Crippen LogP contribution in [0.4, 0.5) is 5.82 Å². The monoisotopic (exact) mass is 454 g/mol. The lowest BCUT2D eigenvalue weighted by Crippen LogP contribution is -2.36. The molecular weight excluding hydrogens is 427 g/mol. The molecule has 2 aromatic carbocycles. The lowest BCUT2D eigenvalue weighted by Gasteiger charge is -2.25. The first-order chi connectivity index (χ1) is 15.0. The van der Waals surface area contributed by atoms with Gasteiger partial charge in [-0.15, -0.1) is 0 Å². The van der Waals surface area contributed by atoms with Gasteiger partial charge in [0.2, 0.25) is 0 Å². The number of aryl methyl sites for hydroxylation is 2. The topological polar surface area (TPSA) is 49.8 Å². The van der Waals surface area contributed by atoms with Crippen LogP contribution in [0.25, 0.3) is 11.3 Å². The Morgan fingerprint density at radius 2 is 1.74 bits per heavy atom. The molecule has 0 radical (unpaired) electrons. The van der Waals surface area contributed by atoms with Crippen molar-refractivity contribution in [3.05, 3.63) is 75.0 Å². The van der Waals surface area contributed by atoms with Gasteiger partial charge in [-0.25, -0.2) is 9.97 Å². The van der Waals surface area contributed by atoms with Gasteiger partial charge >= 0.3 is 0 Å². The second-order valence-corrected chi connectivity index (χ2v) is 8.68. The third-order valence-electron chi connectivity index (χ3n) is 5.89.